The number of aromatic nitrogens is 1. The van der Waals surface area contributed by atoms with E-state index in [0.717, 1.165) is 34.6 Å². The highest BCUT2D eigenvalue weighted by Crippen LogP contribution is 2.36. The van der Waals surface area contributed by atoms with E-state index >= 15 is 0 Å². The molecule has 3 amide bonds. The molecule has 0 radical (unpaired) electrons. The number of likely N-dealkylation sites (tertiary alicyclic amines) is 1. The second kappa shape index (κ2) is 7.89. The van der Waals surface area contributed by atoms with Crippen LogP contribution in [0.1, 0.15) is 29.7 Å². The Morgan fingerprint density at radius 1 is 1.26 bits per heavy atom. The number of benzene rings is 1. The number of urea groups is 1. The Kier molecular flexibility index (Phi) is 5.17. The van der Waals surface area contributed by atoms with Crippen LogP contribution in [0.5, 0.6) is 0 Å². The van der Waals surface area contributed by atoms with Crippen molar-refractivity contribution in [3.05, 3.63) is 53.4 Å². The van der Waals surface area contributed by atoms with E-state index < -0.39 is 6.03 Å². The van der Waals surface area contributed by atoms with Gasteiger partial charge >= 0.3 is 6.03 Å². The molecule has 4 rings (SSSR count). The van der Waals surface area contributed by atoms with Gasteiger partial charge in [0, 0.05) is 0 Å². The van der Waals surface area contributed by atoms with E-state index in [1.807, 2.05) is 18.2 Å². The number of thiazole rings is 1. The Hall–Kier alpha value is -2.71. The predicted octanol–water partition coefficient (Wildman–Crippen LogP) is 3.05. The van der Waals surface area contributed by atoms with Gasteiger partial charge in [0.1, 0.15) is 10.8 Å². The summed E-state index contributed by atoms with van der Waals surface area (Å²) in [6.07, 6.45) is 3.52. The van der Waals surface area contributed by atoms with Crippen molar-refractivity contribution in [1.29, 1.82) is 0 Å². The van der Waals surface area contributed by atoms with Crippen LogP contribution in [0, 0.1) is 0 Å². The third-order valence-electron chi connectivity index (χ3n) is 4.56. The molecule has 3 aromatic rings. The number of carbonyl (C=O) groups excluding carboxylic acids is 2. The van der Waals surface area contributed by atoms with Gasteiger partial charge in [-0.25, -0.2) is 9.78 Å². The van der Waals surface area contributed by atoms with Gasteiger partial charge in [-0.1, -0.05) is 12.1 Å². The van der Waals surface area contributed by atoms with Gasteiger partial charge in [-0.15, -0.1) is 11.3 Å². The number of amides is 3. The molecule has 1 aliphatic heterocycles. The molecule has 2 aromatic heterocycles. The van der Waals surface area contributed by atoms with Crippen molar-refractivity contribution in [2.45, 2.75) is 25.4 Å². The van der Waals surface area contributed by atoms with Gasteiger partial charge in [0.05, 0.1) is 35.6 Å². The van der Waals surface area contributed by atoms with Crippen LogP contribution in [0.4, 0.5) is 4.79 Å². The first-order valence-corrected chi connectivity index (χ1v) is 9.70. The molecular formula is C19H20N4O3S. The molecule has 0 aliphatic carbocycles. The zero-order valence-corrected chi connectivity index (χ0v) is 15.5. The van der Waals surface area contributed by atoms with Crippen molar-refractivity contribution in [2.75, 3.05) is 13.1 Å². The number of hydrogen-bond acceptors (Lipinski definition) is 6. The van der Waals surface area contributed by atoms with Crippen molar-refractivity contribution >= 4 is 33.5 Å². The molecule has 2 N–H and O–H groups in total. The van der Waals surface area contributed by atoms with E-state index in [2.05, 4.69) is 21.6 Å². The third-order valence-corrected chi connectivity index (χ3v) is 5.70. The summed E-state index contributed by atoms with van der Waals surface area (Å²) in [6.45, 7) is 1.24. The standard InChI is InChI=1S/C19H20N4O3S/c24-17(22-19(25)20-11-13-5-4-10-26-13)12-23-9-3-7-15(23)18-21-14-6-1-2-8-16(14)27-18/h1-2,4-6,8,10,15H,3,7,9,11-12H2,(H2,20,22,24,25)/t15-/m0/s1. The molecule has 0 saturated carbocycles. The second-order valence-corrected chi connectivity index (χ2v) is 7.52. The maximum absolute atomic E-state index is 12.3. The van der Waals surface area contributed by atoms with Crippen molar-refractivity contribution in [3.63, 3.8) is 0 Å². The fraction of sp³-hybridized carbons (Fsp3) is 0.316. The fourth-order valence-corrected chi connectivity index (χ4v) is 4.44. The van der Waals surface area contributed by atoms with Gasteiger partial charge in [0.25, 0.3) is 0 Å². The number of carbonyl (C=O) groups is 2. The molecule has 0 unspecified atom stereocenters. The summed E-state index contributed by atoms with van der Waals surface area (Å²) in [5, 5.41) is 6.02. The SMILES string of the molecule is O=C(CN1CCC[C@H]1c1nc2ccccc2s1)NC(=O)NCc1ccco1. The van der Waals surface area contributed by atoms with Crippen molar-refractivity contribution in [2.24, 2.45) is 0 Å². The molecule has 1 saturated heterocycles. The van der Waals surface area contributed by atoms with Gasteiger partial charge in [-0.05, 0) is 43.7 Å². The van der Waals surface area contributed by atoms with Crippen LogP contribution in [-0.4, -0.2) is 34.9 Å². The number of hydrogen-bond donors (Lipinski definition) is 2. The van der Waals surface area contributed by atoms with E-state index in [1.165, 1.54) is 6.26 Å². The topological polar surface area (TPSA) is 87.5 Å². The average molecular weight is 384 g/mol. The molecule has 27 heavy (non-hydrogen) atoms. The molecule has 0 bridgehead atoms. The first-order valence-electron chi connectivity index (χ1n) is 8.88. The van der Waals surface area contributed by atoms with Crippen LogP contribution in [0.25, 0.3) is 10.2 Å². The Bertz CT molecular complexity index is 904. The van der Waals surface area contributed by atoms with Crippen LogP contribution >= 0.6 is 11.3 Å². The highest BCUT2D eigenvalue weighted by molar-refractivity contribution is 7.18. The molecular weight excluding hydrogens is 364 g/mol. The summed E-state index contributed by atoms with van der Waals surface area (Å²) in [7, 11) is 0. The van der Waals surface area contributed by atoms with Crippen LogP contribution in [0.3, 0.4) is 0 Å². The maximum atomic E-state index is 12.3. The lowest BCUT2D eigenvalue weighted by Gasteiger charge is -2.21. The van der Waals surface area contributed by atoms with Gasteiger partial charge in [0.15, 0.2) is 0 Å². The van der Waals surface area contributed by atoms with E-state index in [-0.39, 0.29) is 25.0 Å². The predicted molar refractivity (Wildman–Crippen MR) is 102 cm³/mol. The van der Waals surface area contributed by atoms with Gasteiger partial charge in [-0.2, -0.15) is 0 Å². The summed E-state index contributed by atoms with van der Waals surface area (Å²) in [5.41, 5.74) is 0.992. The van der Waals surface area contributed by atoms with E-state index in [1.54, 1.807) is 23.5 Å². The van der Waals surface area contributed by atoms with Crippen LogP contribution in [0.2, 0.25) is 0 Å². The van der Waals surface area contributed by atoms with Crippen LogP contribution in [-0.2, 0) is 11.3 Å². The lowest BCUT2D eigenvalue weighted by Crippen LogP contribution is -2.44. The number of imide groups is 1. The smallest absolute Gasteiger partial charge is 0.321 e. The zero-order chi connectivity index (χ0) is 18.6. The molecule has 8 heteroatoms. The second-order valence-electron chi connectivity index (χ2n) is 6.46. The van der Waals surface area contributed by atoms with Crippen molar-refractivity contribution in [3.8, 4) is 0 Å². The number of fused-ring (bicyclic) bond motifs is 1. The minimum absolute atomic E-state index is 0.124. The number of nitrogens with zero attached hydrogens (tertiary/aromatic N) is 2. The number of para-hydroxylation sites is 1. The van der Waals surface area contributed by atoms with Gasteiger partial charge in [-0.3, -0.25) is 15.0 Å². The largest absolute Gasteiger partial charge is 0.467 e. The molecule has 1 fully saturated rings. The monoisotopic (exact) mass is 384 g/mol. The summed E-state index contributed by atoms with van der Waals surface area (Å²) < 4.78 is 6.30. The zero-order valence-electron chi connectivity index (χ0n) is 14.7. The van der Waals surface area contributed by atoms with Crippen molar-refractivity contribution < 1.29 is 14.0 Å². The Morgan fingerprint density at radius 3 is 2.96 bits per heavy atom. The normalized spacial score (nSPS) is 17.3. The Morgan fingerprint density at radius 2 is 2.15 bits per heavy atom. The van der Waals surface area contributed by atoms with Crippen LogP contribution < -0.4 is 10.6 Å². The number of rotatable bonds is 5. The molecule has 0 spiro atoms. The molecule has 1 aromatic carbocycles. The average Bonchev–Trinajstić information content (AvgIpc) is 3.39. The summed E-state index contributed by atoms with van der Waals surface area (Å²) in [5.74, 6) is 0.313. The highest BCUT2D eigenvalue weighted by Gasteiger charge is 2.30. The minimum Gasteiger partial charge on any atom is -0.467 e. The summed E-state index contributed by atoms with van der Waals surface area (Å²) in [4.78, 5) is 31.0. The molecule has 140 valence electrons. The fourth-order valence-electron chi connectivity index (χ4n) is 3.30. The highest BCUT2D eigenvalue weighted by atomic mass is 32.1. The summed E-state index contributed by atoms with van der Waals surface area (Å²) >= 11 is 1.67. The number of nitrogens with one attached hydrogen (secondary N) is 2. The lowest BCUT2D eigenvalue weighted by molar-refractivity contribution is -0.121. The molecule has 7 nitrogen and oxygen atoms in total. The molecule has 1 atom stereocenters. The third kappa shape index (κ3) is 4.17. The quantitative estimate of drug-likeness (QED) is 0.706. The van der Waals surface area contributed by atoms with E-state index in [4.69, 9.17) is 9.40 Å². The Labute approximate surface area is 160 Å². The maximum Gasteiger partial charge on any atom is 0.321 e. The summed E-state index contributed by atoms with van der Waals surface area (Å²) in [6, 6.07) is 11.2. The van der Waals surface area contributed by atoms with Gasteiger partial charge < -0.3 is 9.73 Å². The van der Waals surface area contributed by atoms with E-state index in [9.17, 15) is 9.59 Å². The molecule has 3 heterocycles. The van der Waals surface area contributed by atoms with Crippen molar-refractivity contribution in [1.82, 2.24) is 20.5 Å². The first-order chi connectivity index (χ1) is 13.2. The lowest BCUT2D eigenvalue weighted by atomic mass is 10.2. The Balaban J connectivity index is 1.33. The van der Waals surface area contributed by atoms with Gasteiger partial charge in [0.2, 0.25) is 5.91 Å². The number of furan rings is 1. The van der Waals surface area contributed by atoms with E-state index in [0.29, 0.717) is 5.76 Å². The minimum atomic E-state index is -0.521. The first kappa shape index (κ1) is 17.7. The van der Waals surface area contributed by atoms with Crippen LogP contribution in [0.15, 0.2) is 47.1 Å². The molecule has 1 aliphatic rings.